The van der Waals surface area contributed by atoms with E-state index in [0.29, 0.717) is 0 Å². The van der Waals surface area contributed by atoms with Crippen molar-refractivity contribution in [1.82, 2.24) is 0 Å². The lowest BCUT2D eigenvalue weighted by Gasteiger charge is -2.02. The van der Waals surface area contributed by atoms with Gasteiger partial charge in [0.05, 0.1) is 6.10 Å². The second-order valence-corrected chi connectivity index (χ2v) is 6.82. The van der Waals surface area contributed by atoms with Gasteiger partial charge in [-0.25, -0.2) is 4.79 Å². The largest absolute Gasteiger partial charge is 0.479 e. The topological polar surface area (TPSA) is 49.8 Å². The van der Waals surface area contributed by atoms with Crippen LogP contribution in [0.15, 0.2) is 12.2 Å². The van der Waals surface area contributed by atoms with Crippen LogP contribution < -0.4 is 0 Å². The van der Waals surface area contributed by atoms with Gasteiger partial charge in [0.2, 0.25) is 0 Å². The molecule has 1 N–H and O–H groups in total. The summed E-state index contributed by atoms with van der Waals surface area (Å²) in [6, 6.07) is 0. The van der Waals surface area contributed by atoms with Crippen LogP contribution in [0.3, 0.4) is 0 Å². The van der Waals surface area contributed by atoms with Gasteiger partial charge < -0.3 is 9.84 Å². The van der Waals surface area contributed by atoms with Gasteiger partial charge in [0.15, 0.2) is 6.10 Å². The monoisotopic (exact) mass is 324 g/mol. The number of allylic oxidation sites excluding steroid dienone is 1. The summed E-state index contributed by atoms with van der Waals surface area (Å²) in [5.41, 5.74) is 0. The average Bonchev–Trinajstić information content (AvgIpc) is 3.31. The Bertz CT molecular complexity index is 325. The summed E-state index contributed by atoms with van der Waals surface area (Å²) in [5, 5.41) is 8.70. The maximum absolute atomic E-state index is 10.6. The lowest BCUT2D eigenvalue weighted by molar-refractivity contribution is -0.138. The van der Waals surface area contributed by atoms with Gasteiger partial charge in [0.1, 0.15) is 0 Å². The van der Waals surface area contributed by atoms with Gasteiger partial charge in [-0.2, -0.15) is 0 Å². The summed E-state index contributed by atoms with van der Waals surface area (Å²) in [6.07, 6.45) is 22.1. The van der Waals surface area contributed by atoms with E-state index < -0.39 is 12.1 Å². The van der Waals surface area contributed by atoms with Crippen LogP contribution in [0.1, 0.15) is 96.8 Å². The molecule has 1 saturated heterocycles. The van der Waals surface area contributed by atoms with E-state index in [4.69, 9.17) is 9.84 Å². The minimum atomic E-state index is -0.829. The molecule has 1 rings (SSSR count). The van der Waals surface area contributed by atoms with E-state index >= 15 is 0 Å². The van der Waals surface area contributed by atoms with Crippen molar-refractivity contribution in [2.45, 2.75) is 109 Å². The van der Waals surface area contributed by atoms with Crippen molar-refractivity contribution >= 4 is 5.97 Å². The molecule has 2 unspecified atom stereocenters. The van der Waals surface area contributed by atoms with Crippen LogP contribution in [0.5, 0.6) is 0 Å². The second kappa shape index (κ2) is 13.6. The first-order valence-corrected chi connectivity index (χ1v) is 9.79. The lowest BCUT2D eigenvalue weighted by atomic mass is 10.0. The SMILES string of the molecule is CCCCCCCCCCCCCC/C=C\CC1OC1C(=O)O. The highest BCUT2D eigenvalue weighted by Gasteiger charge is 2.43. The van der Waals surface area contributed by atoms with Crippen molar-refractivity contribution < 1.29 is 14.6 Å². The normalized spacial score (nSPS) is 20.2. The molecule has 3 heteroatoms. The molecule has 1 aliphatic heterocycles. The lowest BCUT2D eigenvalue weighted by Crippen LogP contribution is -2.07. The first-order chi connectivity index (χ1) is 11.3. The molecule has 0 aliphatic carbocycles. The van der Waals surface area contributed by atoms with E-state index in [0.717, 1.165) is 12.8 Å². The molecule has 23 heavy (non-hydrogen) atoms. The first kappa shape index (κ1) is 20.2. The molecule has 3 nitrogen and oxygen atoms in total. The highest BCUT2D eigenvalue weighted by atomic mass is 16.6. The van der Waals surface area contributed by atoms with Crippen molar-refractivity contribution in [3.8, 4) is 0 Å². The molecule has 0 aromatic heterocycles. The third-order valence-corrected chi connectivity index (χ3v) is 4.59. The van der Waals surface area contributed by atoms with Crippen LogP contribution in [0.25, 0.3) is 0 Å². The van der Waals surface area contributed by atoms with Crippen LogP contribution in [-0.4, -0.2) is 23.3 Å². The van der Waals surface area contributed by atoms with E-state index in [1.54, 1.807) is 0 Å². The number of carboxylic acids is 1. The van der Waals surface area contributed by atoms with E-state index in [1.807, 2.05) is 0 Å². The summed E-state index contributed by atoms with van der Waals surface area (Å²) in [5.74, 6) is -0.829. The van der Waals surface area contributed by atoms with E-state index in [9.17, 15) is 4.79 Å². The molecule has 134 valence electrons. The summed E-state index contributed by atoms with van der Waals surface area (Å²) in [7, 11) is 0. The fourth-order valence-electron chi connectivity index (χ4n) is 2.99. The number of hydrogen-bond acceptors (Lipinski definition) is 2. The van der Waals surface area contributed by atoms with Gasteiger partial charge in [-0.15, -0.1) is 0 Å². The average molecular weight is 325 g/mol. The van der Waals surface area contributed by atoms with Gasteiger partial charge >= 0.3 is 5.97 Å². The van der Waals surface area contributed by atoms with Gasteiger partial charge in [0, 0.05) is 0 Å². The van der Waals surface area contributed by atoms with Gasteiger partial charge in [-0.1, -0.05) is 89.7 Å². The Hall–Kier alpha value is -0.830. The zero-order valence-electron chi connectivity index (χ0n) is 15.0. The number of unbranched alkanes of at least 4 members (excludes halogenated alkanes) is 12. The number of ether oxygens (including phenoxy) is 1. The highest BCUT2D eigenvalue weighted by molar-refractivity contribution is 5.75. The second-order valence-electron chi connectivity index (χ2n) is 6.82. The van der Waals surface area contributed by atoms with Crippen molar-refractivity contribution in [2.24, 2.45) is 0 Å². The molecular formula is C20H36O3. The van der Waals surface area contributed by atoms with Crippen molar-refractivity contribution in [2.75, 3.05) is 0 Å². The zero-order valence-corrected chi connectivity index (χ0v) is 15.0. The third kappa shape index (κ3) is 11.4. The molecule has 0 spiro atoms. The predicted octanol–water partition coefficient (Wildman–Crippen LogP) is 5.88. The Balaban J connectivity index is 1.73. The van der Waals surface area contributed by atoms with Gasteiger partial charge in [0.25, 0.3) is 0 Å². The molecule has 1 aliphatic rings. The van der Waals surface area contributed by atoms with Crippen LogP contribution in [0.2, 0.25) is 0 Å². The van der Waals surface area contributed by atoms with Crippen LogP contribution in [0.4, 0.5) is 0 Å². The molecule has 1 fully saturated rings. The third-order valence-electron chi connectivity index (χ3n) is 4.59. The standard InChI is InChI=1S/C20H36O3/c1-2-3-4-5-6-7-8-9-10-11-12-13-14-15-16-17-18-19(23-18)20(21)22/h15-16,18-19H,2-14,17H2,1H3,(H,21,22)/b16-15-. The Kier molecular flexibility index (Phi) is 11.9. The fraction of sp³-hybridized carbons (Fsp3) is 0.850. The molecule has 0 aromatic rings. The summed E-state index contributed by atoms with van der Waals surface area (Å²) < 4.78 is 5.05. The Morgan fingerprint density at radius 2 is 1.39 bits per heavy atom. The van der Waals surface area contributed by atoms with E-state index in [-0.39, 0.29) is 6.10 Å². The Morgan fingerprint density at radius 1 is 0.870 bits per heavy atom. The van der Waals surface area contributed by atoms with Crippen molar-refractivity contribution in [3.63, 3.8) is 0 Å². The number of carbonyl (C=O) groups is 1. The Morgan fingerprint density at radius 3 is 1.87 bits per heavy atom. The smallest absolute Gasteiger partial charge is 0.335 e. The van der Waals surface area contributed by atoms with E-state index in [2.05, 4.69) is 19.1 Å². The van der Waals surface area contributed by atoms with Crippen molar-refractivity contribution in [1.29, 1.82) is 0 Å². The van der Waals surface area contributed by atoms with Gasteiger partial charge in [-0.05, 0) is 19.3 Å². The predicted molar refractivity (Wildman–Crippen MR) is 95.7 cm³/mol. The molecule has 0 bridgehead atoms. The summed E-state index contributed by atoms with van der Waals surface area (Å²) >= 11 is 0. The fourth-order valence-corrected chi connectivity index (χ4v) is 2.99. The number of carboxylic acid groups (broad SMARTS) is 1. The quantitative estimate of drug-likeness (QED) is 0.219. The van der Waals surface area contributed by atoms with Crippen molar-refractivity contribution in [3.05, 3.63) is 12.2 Å². The van der Waals surface area contributed by atoms with E-state index in [1.165, 1.54) is 77.0 Å². The summed E-state index contributed by atoms with van der Waals surface area (Å²) in [4.78, 5) is 10.6. The van der Waals surface area contributed by atoms with Gasteiger partial charge in [-0.3, -0.25) is 0 Å². The molecule has 1 heterocycles. The highest BCUT2D eigenvalue weighted by Crippen LogP contribution is 2.25. The Labute approximate surface area is 142 Å². The number of hydrogen-bond donors (Lipinski definition) is 1. The maximum atomic E-state index is 10.6. The first-order valence-electron chi connectivity index (χ1n) is 9.79. The molecule has 0 amide bonds. The molecule has 0 aromatic carbocycles. The number of rotatable bonds is 16. The van der Waals surface area contributed by atoms with Crippen LogP contribution in [0, 0.1) is 0 Å². The minimum absolute atomic E-state index is 0.0780. The molecule has 0 radical (unpaired) electrons. The molecule has 2 atom stereocenters. The number of epoxide rings is 1. The maximum Gasteiger partial charge on any atom is 0.335 e. The number of aliphatic carboxylic acids is 1. The molecular weight excluding hydrogens is 288 g/mol. The molecule has 0 saturated carbocycles. The summed E-state index contributed by atoms with van der Waals surface area (Å²) in [6.45, 7) is 2.27. The minimum Gasteiger partial charge on any atom is -0.479 e. The zero-order chi connectivity index (χ0) is 16.8. The van der Waals surface area contributed by atoms with Crippen LogP contribution >= 0.6 is 0 Å². The van der Waals surface area contributed by atoms with Crippen LogP contribution in [-0.2, 0) is 9.53 Å².